The lowest BCUT2D eigenvalue weighted by atomic mass is 10.0. The first-order valence-electron chi connectivity index (χ1n) is 12.4. The van der Waals surface area contributed by atoms with E-state index in [-0.39, 0.29) is 15.7 Å². The summed E-state index contributed by atoms with van der Waals surface area (Å²) in [5, 5.41) is 3.68. The summed E-state index contributed by atoms with van der Waals surface area (Å²) in [4.78, 5) is 11.3. The number of halogens is 3. The van der Waals surface area contributed by atoms with E-state index in [0.717, 1.165) is 11.8 Å². The average molecular weight is 533 g/mol. The fraction of sp³-hybridized carbons (Fsp3) is 0.481. The Morgan fingerprint density at radius 3 is 2.56 bits per heavy atom. The predicted molar refractivity (Wildman–Crippen MR) is 142 cm³/mol. The van der Waals surface area contributed by atoms with Crippen molar-refractivity contribution in [3.8, 4) is 11.5 Å². The minimum atomic E-state index is -0.642. The number of anilines is 2. The first-order valence-corrected chi connectivity index (χ1v) is 13.2. The molecule has 0 bridgehead atoms. The Balaban J connectivity index is 1.29. The Hall–Kier alpha value is -2.35. The van der Waals surface area contributed by atoms with Crippen LogP contribution in [0.1, 0.15) is 26.7 Å². The molecule has 2 aromatic carbocycles. The maximum Gasteiger partial charge on any atom is 0.166 e. The molecule has 1 saturated carbocycles. The van der Waals surface area contributed by atoms with Gasteiger partial charge in [0.15, 0.2) is 17.3 Å². The number of fused-ring (bicyclic) bond motifs is 2. The average Bonchev–Trinajstić information content (AvgIpc) is 3.40. The van der Waals surface area contributed by atoms with E-state index in [4.69, 9.17) is 32.7 Å². The SMILES string of the molecule is COc1cc2c(Nc3ccc(Cl)c(Cl)c3F)ncnc2cc1OC[C@H]1C[C@@H]2CN(CC(C)C)C[C@@H]2C1. The highest BCUT2D eigenvalue weighted by atomic mass is 35.5. The van der Waals surface area contributed by atoms with Gasteiger partial charge in [-0.2, -0.15) is 0 Å². The molecule has 0 spiro atoms. The Kier molecular flexibility index (Phi) is 7.42. The smallest absolute Gasteiger partial charge is 0.166 e. The third-order valence-corrected chi connectivity index (χ3v) is 8.01. The number of nitrogens with one attached hydrogen (secondary N) is 1. The second kappa shape index (κ2) is 10.6. The maximum absolute atomic E-state index is 14.6. The molecule has 9 heteroatoms. The lowest BCUT2D eigenvalue weighted by Crippen LogP contribution is -2.27. The van der Waals surface area contributed by atoms with E-state index >= 15 is 0 Å². The van der Waals surface area contributed by atoms with E-state index in [2.05, 4.69) is 34.0 Å². The third-order valence-electron chi connectivity index (χ3n) is 7.23. The first-order chi connectivity index (χ1) is 17.3. The lowest BCUT2D eigenvalue weighted by Gasteiger charge is -2.21. The zero-order chi connectivity index (χ0) is 25.4. The van der Waals surface area contributed by atoms with Crippen LogP contribution < -0.4 is 14.8 Å². The fourth-order valence-electron chi connectivity index (χ4n) is 5.72. The molecule has 6 nitrogen and oxygen atoms in total. The number of aromatic nitrogens is 2. The predicted octanol–water partition coefficient (Wildman–Crippen LogP) is 6.82. The van der Waals surface area contributed by atoms with Crippen LogP contribution in [0.15, 0.2) is 30.6 Å². The van der Waals surface area contributed by atoms with Crippen LogP contribution in [0.25, 0.3) is 10.9 Å². The molecule has 1 aromatic heterocycles. The van der Waals surface area contributed by atoms with E-state index < -0.39 is 5.82 Å². The van der Waals surface area contributed by atoms with Crippen LogP contribution in [-0.2, 0) is 0 Å². The Labute approximate surface area is 221 Å². The van der Waals surface area contributed by atoms with Crippen molar-refractivity contribution < 1.29 is 13.9 Å². The molecule has 5 rings (SSSR count). The molecule has 0 radical (unpaired) electrons. The minimum Gasteiger partial charge on any atom is -0.493 e. The van der Waals surface area contributed by atoms with Crippen LogP contribution in [0, 0.1) is 29.5 Å². The number of ether oxygens (including phenoxy) is 2. The van der Waals surface area contributed by atoms with Crippen molar-refractivity contribution >= 4 is 45.6 Å². The highest BCUT2D eigenvalue weighted by Gasteiger charge is 2.41. The van der Waals surface area contributed by atoms with Gasteiger partial charge in [-0.25, -0.2) is 14.4 Å². The van der Waals surface area contributed by atoms with Crippen molar-refractivity contribution in [2.75, 3.05) is 38.7 Å². The minimum absolute atomic E-state index is 0.142. The molecule has 1 aliphatic heterocycles. The van der Waals surface area contributed by atoms with Gasteiger partial charge in [-0.1, -0.05) is 37.0 Å². The van der Waals surface area contributed by atoms with Gasteiger partial charge < -0.3 is 19.7 Å². The molecule has 1 N–H and O–H groups in total. The highest BCUT2D eigenvalue weighted by Crippen LogP contribution is 2.43. The number of likely N-dealkylation sites (tertiary alicyclic amines) is 1. The van der Waals surface area contributed by atoms with E-state index in [1.807, 2.05) is 12.1 Å². The van der Waals surface area contributed by atoms with E-state index in [9.17, 15) is 4.39 Å². The van der Waals surface area contributed by atoms with Crippen LogP contribution in [0.4, 0.5) is 15.9 Å². The van der Waals surface area contributed by atoms with Gasteiger partial charge in [-0.3, -0.25) is 0 Å². The van der Waals surface area contributed by atoms with Gasteiger partial charge in [0.25, 0.3) is 0 Å². The van der Waals surface area contributed by atoms with Gasteiger partial charge in [-0.15, -0.1) is 0 Å². The standard InChI is InChI=1S/C27H31Cl2FN4O2/c1-15(2)10-34-11-17-6-16(7-18(17)12-34)13-36-24-9-22-19(8-23(24)35-3)27(32-14-31-22)33-21-5-4-20(28)25(29)26(21)30/h4-5,8-9,14-18H,6-7,10-13H2,1-3H3,(H,31,32,33)/t16-,17+,18-. The Morgan fingerprint density at radius 2 is 1.86 bits per heavy atom. The largest absolute Gasteiger partial charge is 0.493 e. The molecule has 1 aliphatic carbocycles. The summed E-state index contributed by atoms with van der Waals surface area (Å²) in [5.74, 6) is 3.82. The van der Waals surface area contributed by atoms with E-state index in [0.29, 0.717) is 46.7 Å². The molecule has 2 aliphatic rings. The van der Waals surface area contributed by atoms with Crippen LogP contribution in [0.5, 0.6) is 11.5 Å². The van der Waals surface area contributed by atoms with E-state index in [1.54, 1.807) is 7.11 Å². The van der Waals surface area contributed by atoms with Crippen molar-refractivity contribution in [3.05, 3.63) is 46.5 Å². The number of benzene rings is 2. The molecule has 2 fully saturated rings. The summed E-state index contributed by atoms with van der Waals surface area (Å²) in [5.41, 5.74) is 0.832. The van der Waals surface area contributed by atoms with Gasteiger partial charge >= 0.3 is 0 Å². The summed E-state index contributed by atoms with van der Waals surface area (Å²) in [6.45, 7) is 8.85. The molecule has 192 valence electrons. The van der Waals surface area contributed by atoms with Crippen LogP contribution >= 0.6 is 23.2 Å². The summed E-state index contributed by atoms with van der Waals surface area (Å²) >= 11 is 11.9. The zero-order valence-electron chi connectivity index (χ0n) is 20.7. The van der Waals surface area contributed by atoms with E-state index in [1.165, 1.54) is 50.9 Å². The number of rotatable bonds is 8. The molecular formula is C27H31Cl2FN4O2. The molecule has 36 heavy (non-hydrogen) atoms. The van der Waals surface area contributed by atoms with Crippen molar-refractivity contribution in [1.82, 2.24) is 14.9 Å². The van der Waals surface area contributed by atoms with Crippen molar-refractivity contribution in [1.29, 1.82) is 0 Å². The Bertz CT molecular complexity index is 1240. The molecular weight excluding hydrogens is 502 g/mol. The summed E-state index contributed by atoms with van der Waals surface area (Å²) in [6, 6.07) is 6.72. The lowest BCUT2D eigenvalue weighted by molar-refractivity contribution is 0.216. The second-order valence-electron chi connectivity index (χ2n) is 10.4. The number of hydrogen-bond donors (Lipinski definition) is 1. The zero-order valence-corrected chi connectivity index (χ0v) is 22.2. The van der Waals surface area contributed by atoms with Crippen molar-refractivity contribution in [3.63, 3.8) is 0 Å². The van der Waals surface area contributed by atoms with Gasteiger partial charge in [-0.05, 0) is 54.7 Å². The van der Waals surface area contributed by atoms with Crippen LogP contribution in [0.3, 0.4) is 0 Å². The summed E-state index contributed by atoms with van der Waals surface area (Å²) < 4.78 is 26.5. The van der Waals surface area contributed by atoms with Gasteiger partial charge in [0.05, 0.1) is 35.0 Å². The molecule has 3 aromatic rings. The normalized spacial score (nSPS) is 21.8. The maximum atomic E-state index is 14.6. The fourth-order valence-corrected chi connectivity index (χ4v) is 6.03. The van der Waals surface area contributed by atoms with Gasteiger partial charge in [0.1, 0.15) is 12.1 Å². The summed E-state index contributed by atoms with van der Waals surface area (Å²) in [6.07, 6.45) is 3.85. The number of hydrogen-bond acceptors (Lipinski definition) is 6. The monoisotopic (exact) mass is 532 g/mol. The van der Waals surface area contributed by atoms with Gasteiger partial charge in [0, 0.05) is 31.1 Å². The molecule has 0 amide bonds. The third kappa shape index (κ3) is 5.20. The molecule has 2 heterocycles. The number of methoxy groups -OCH3 is 1. The molecule has 1 saturated heterocycles. The quantitative estimate of drug-likeness (QED) is 0.321. The number of nitrogens with zero attached hydrogens (tertiary/aromatic N) is 3. The second-order valence-corrected chi connectivity index (χ2v) is 11.2. The highest BCUT2D eigenvalue weighted by molar-refractivity contribution is 6.42. The first kappa shape index (κ1) is 25.3. The van der Waals surface area contributed by atoms with Crippen LogP contribution in [-0.4, -0.2) is 48.2 Å². The molecule has 0 unspecified atom stereocenters. The van der Waals surface area contributed by atoms with Crippen molar-refractivity contribution in [2.24, 2.45) is 23.7 Å². The van der Waals surface area contributed by atoms with Crippen LogP contribution in [0.2, 0.25) is 10.0 Å². The van der Waals surface area contributed by atoms with Crippen molar-refractivity contribution in [2.45, 2.75) is 26.7 Å². The van der Waals surface area contributed by atoms with Gasteiger partial charge in [0.2, 0.25) is 0 Å². The molecule has 3 atom stereocenters. The summed E-state index contributed by atoms with van der Waals surface area (Å²) in [7, 11) is 1.60. The topological polar surface area (TPSA) is 59.5 Å². The Morgan fingerprint density at radius 1 is 1.11 bits per heavy atom.